The van der Waals surface area contributed by atoms with Gasteiger partial charge in [0.25, 0.3) is 0 Å². The quantitative estimate of drug-likeness (QED) is 0.607. The summed E-state index contributed by atoms with van der Waals surface area (Å²) in [7, 11) is 0. The van der Waals surface area contributed by atoms with E-state index in [2.05, 4.69) is 48.6 Å². The number of rotatable bonds is 2. The number of benzene rings is 1. The summed E-state index contributed by atoms with van der Waals surface area (Å²) in [5.74, 6) is 3.41. The summed E-state index contributed by atoms with van der Waals surface area (Å²) >= 11 is 0. The third-order valence-corrected chi connectivity index (χ3v) is 7.87. The molecule has 0 aliphatic heterocycles. The maximum Gasteiger partial charge on any atom is 0.00181 e. The standard InChI is InChI=1S/C24H30/c1-5-13-21-18(8-1)15-16-23(21)24(20-11-3-4-12-20)17-7-10-19-9-2-6-14-22(19)24/h1-2,5-6,8-9,13-14,18,20-21,23H,3-4,7,10-12,15-17H2/t18?,21?,23?,24-/m0/s1. The molecular formula is C24H30. The van der Waals surface area contributed by atoms with Crippen molar-refractivity contribution in [1.82, 2.24) is 0 Å². The van der Waals surface area contributed by atoms with Gasteiger partial charge < -0.3 is 0 Å². The zero-order chi connectivity index (χ0) is 16.0. The summed E-state index contributed by atoms with van der Waals surface area (Å²) in [6.07, 6.45) is 22.6. The van der Waals surface area contributed by atoms with E-state index in [9.17, 15) is 0 Å². The van der Waals surface area contributed by atoms with Crippen LogP contribution < -0.4 is 0 Å². The number of fused-ring (bicyclic) bond motifs is 2. The molecule has 0 amide bonds. The zero-order valence-corrected chi connectivity index (χ0v) is 14.8. The number of hydrogen-bond acceptors (Lipinski definition) is 0. The second-order valence-corrected chi connectivity index (χ2v) is 8.73. The summed E-state index contributed by atoms with van der Waals surface area (Å²) in [6, 6.07) is 9.53. The minimum Gasteiger partial charge on any atom is -0.0808 e. The Hall–Kier alpha value is -1.30. The molecule has 3 unspecified atom stereocenters. The Morgan fingerprint density at radius 3 is 2.58 bits per heavy atom. The van der Waals surface area contributed by atoms with Crippen molar-refractivity contribution in [3.8, 4) is 0 Å². The molecular weight excluding hydrogens is 288 g/mol. The van der Waals surface area contributed by atoms with Gasteiger partial charge in [-0.2, -0.15) is 0 Å². The van der Waals surface area contributed by atoms with Gasteiger partial charge in [-0.1, -0.05) is 61.4 Å². The molecule has 0 bridgehead atoms. The highest BCUT2D eigenvalue weighted by Gasteiger charge is 2.53. The molecule has 4 aliphatic carbocycles. The van der Waals surface area contributed by atoms with E-state index in [1.54, 1.807) is 11.1 Å². The van der Waals surface area contributed by atoms with Crippen LogP contribution in [-0.4, -0.2) is 0 Å². The molecule has 126 valence electrons. The Labute approximate surface area is 147 Å². The Morgan fingerprint density at radius 1 is 0.833 bits per heavy atom. The molecule has 4 atom stereocenters. The zero-order valence-electron chi connectivity index (χ0n) is 14.8. The SMILES string of the molecule is C1=CC2CCC([C@]3(C4CCCC4)CCCc4ccccc43)C2C=C1. The molecule has 24 heavy (non-hydrogen) atoms. The highest BCUT2D eigenvalue weighted by Crippen LogP contribution is 2.60. The van der Waals surface area contributed by atoms with E-state index in [0.717, 1.165) is 23.7 Å². The average molecular weight is 319 g/mol. The summed E-state index contributed by atoms with van der Waals surface area (Å²) in [5.41, 5.74) is 3.91. The van der Waals surface area contributed by atoms with Crippen LogP contribution in [0.15, 0.2) is 48.6 Å². The second kappa shape index (κ2) is 5.90. The second-order valence-electron chi connectivity index (χ2n) is 8.73. The van der Waals surface area contributed by atoms with Gasteiger partial charge in [-0.05, 0) is 79.7 Å². The first-order valence-corrected chi connectivity index (χ1v) is 10.3. The van der Waals surface area contributed by atoms with Gasteiger partial charge in [0.2, 0.25) is 0 Å². The lowest BCUT2D eigenvalue weighted by Gasteiger charge is -2.50. The predicted octanol–water partition coefficient (Wildman–Crippen LogP) is 6.22. The summed E-state index contributed by atoms with van der Waals surface area (Å²) in [4.78, 5) is 0. The van der Waals surface area contributed by atoms with Crippen LogP contribution in [0.1, 0.15) is 62.5 Å². The van der Waals surface area contributed by atoms with E-state index in [1.807, 2.05) is 0 Å². The van der Waals surface area contributed by atoms with Crippen molar-refractivity contribution in [2.45, 2.75) is 63.2 Å². The van der Waals surface area contributed by atoms with Crippen LogP contribution in [0.5, 0.6) is 0 Å². The van der Waals surface area contributed by atoms with Gasteiger partial charge in [0.05, 0.1) is 0 Å². The number of hydrogen-bond donors (Lipinski definition) is 0. The van der Waals surface area contributed by atoms with Crippen molar-refractivity contribution in [3.05, 3.63) is 59.7 Å². The minimum atomic E-state index is 0.472. The van der Waals surface area contributed by atoms with E-state index in [4.69, 9.17) is 0 Å². The van der Waals surface area contributed by atoms with Gasteiger partial charge in [0.15, 0.2) is 0 Å². The summed E-state index contributed by atoms with van der Waals surface area (Å²) in [5, 5.41) is 0. The molecule has 2 saturated carbocycles. The molecule has 1 aromatic rings. The molecule has 0 saturated heterocycles. The molecule has 0 N–H and O–H groups in total. The Morgan fingerprint density at radius 2 is 1.67 bits per heavy atom. The maximum absolute atomic E-state index is 2.57. The van der Waals surface area contributed by atoms with Crippen LogP contribution in [0.2, 0.25) is 0 Å². The third-order valence-electron chi connectivity index (χ3n) is 7.87. The minimum absolute atomic E-state index is 0.472. The van der Waals surface area contributed by atoms with Crippen LogP contribution in [0.3, 0.4) is 0 Å². The van der Waals surface area contributed by atoms with Crippen LogP contribution in [0.25, 0.3) is 0 Å². The molecule has 1 aromatic carbocycles. The lowest BCUT2D eigenvalue weighted by molar-refractivity contribution is 0.119. The third kappa shape index (κ3) is 2.11. The molecule has 0 heterocycles. The van der Waals surface area contributed by atoms with Crippen LogP contribution in [0, 0.1) is 23.7 Å². The van der Waals surface area contributed by atoms with Gasteiger partial charge in [-0.25, -0.2) is 0 Å². The van der Waals surface area contributed by atoms with Crippen molar-refractivity contribution < 1.29 is 0 Å². The van der Waals surface area contributed by atoms with Gasteiger partial charge in [-0.15, -0.1) is 0 Å². The molecule has 2 fully saturated rings. The van der Waals surface area contributed by atoms with Crippen LogP contribution in [0.4, 0.5) is 0 Å². The van der Waals surface area contributed by atoms with E-state index in [-0.39, 0.29) is 0 Å². The molecule has 4 aliphatic rings. The van der Waals surface area contributed by atoms with E-state index in [1.165, 1.54) is 57.8 Å². The Kier molecular flexibility index (Phi) is 3.69. The summed E-state index contributed by atoms with van der Waals surface area (Å²) < 4.78 is 0. The first-order chi connectivity index (χ1) is 11.9. The monoisotopic (exact) mass is 318 g/mol. The predicted molar refractivity (Wildman–Crippen MR) is 101 cm³/mol. The molecule has 0 radical (unpaired) electrons. The van der Waals surface area contributed by atoms with Crippen molar-refractivity contribution in [2.24, 2.45) is 23.7 Å². The van der Waals surface area contributed by atoms with Crippen LogP contribution in [-0.2, 0) is 11.8 Å². The first-order valence-electron chi connectivity index (χ1n) is 10.3. The largest absolute Gasteiger partial charge is 0.0808 e. The summed E-state index contributed by atoms with van der Waals surface area (Å²) in [6.45, 7) is 0. The first kappa shape index (κ1) is 15.0. The van der Waals surface area contributed by atoms with Crippen molar-refractivity contribution in [2.75, 3.05) is 0 Å². The smallest absolute Gasteiger partial charge is 0.00181 e. The van der Waals surface area contributed by atoms with Gasteiger partial charge in [0, 0.05) is 5.41 Å². The van der Waals surface area contributed by atoms with Crippen molar-refractivity contribution in [3.63, 3.8) is 0 Å². The van der Waals surface area contributed by atoms with Gasteiger partial charge >= 0.3 is 0 Å². The highest BCUT2D eigenvalue weighted by atomic mass is 14.6. The molecule has 0 nitrogen and oxygen atoms in total. The topological polar surface area (TPSA) is 0 Å². The Bertz CT molecular complexity index is 660. The lowest BCUT2D eigenvalue weighted by Crippen LogP contribution is -2.46. The Balaban J connectivity index is 1.64. The molecule has 0 heteroatoms. The fourth-order valence-electron chi connectivity index (χ4n) is 7.01. The fraction of sp³-hybridized carbons (Fsp3) is 0.583. The highest BCUT2D eigenvalue weighted by molar-refractivity contribution is 5.40. The number of allylic oxidation sites excluding steroid dienone is 4. The van der Waals surface area contributed by atoms with E-state index >= 15 is 0 Å². The lowest BCUT2D eigenvalue weighted by atomic mass is 9.53. The maximum atomic E-state index is 2.57. The normalized spacial score (nSPS) is 38.2. The van der Waals surface area contributed by atoms with Crippen molar-refractivity contribution in [1.29, 1.82) is 0 Å². The van der Waals surface area contributed by atoms with E-state index in [0.29, 0.717) is 5.41 Å². The molecule has 0 aromatic heterocycles. The van der Waals surface area contributed by atoms with E-state index < -0.39 is 0 Å². The van der Waals surface area contributed by atoms with Gasteiger partial charge in [-0.3, -0.25) is 0 Å². The molecule has 0 spiro atoms. The fourth-order valence-corrected chi connectivity index (χ4v) is 7.01. The van der Waals surface area contributed by atoms with Crippen LogP contribution >= 0.6 is 0 Å². The number of aryl methyl sites for hydroxylation is 1. The van der Waals surface area contributed by atoms with Gasteiger partial charge in [0.1, 0.15) is 0 Å². The average Bonchev–Trinajstić information content (AvgIpc) is 3.31. The molecule has 5 rings (SSSR count). The van der Waals surface area contributed by atoms with Crippen molar-refractivity contribution >= 4 is 0 Å².